The summed E-state index contributed by atoms with van der Waals surface area (Å²) in [5, 5.41) is 6.69. The highest BCUT2D eigenvalue weighted by molar-refractivity contribution is 5.96. The predicted molar refractivity (Wildman–Crippen MR) is 86.9 cm³/mol. The van der Waals surface area contributed by atoms with E-state index >= 15 is 0 Å². The zero-order valence-electron chi connectivity index (χ0n) is 13.0. The van der Waals surface area contributed by atoms with Crippen LogP contribution in [0, 0.1) is 5.92 Å². The molecule has 0 aromatic heterocycles. The molecule has 1 heterocycles. The zero-order chi connectivity index (χ0) is 14.8. The first-order chi connectivity index (χ1) is 10.2. The first-order valence-electron chi connectivity index (χ1n) is 8.06. The van der Waals surface area contributed by atoms with Gasteiger partial charge in [-0.3, -0.25) is 4.79 Å². The highest BCUT2D eigenvalue weighted by Crippen LogP contribution is 2.30. The summed E-state index contributed by atoms with van der Waals surface area (Å²) in [4.78, 5) is 14.7. The molecule has 1 amide bonds. The lowest BCUT2D eigenvalue weighted by Crippen LogP contribution is -2.42. The third-order valence-electron chi connectivity index (χ3n) is 4.91. The molecule has 0 saturated heterocycles. The van der Waals surface area contributed by atoms with Gasteiger partial charge in [-0.15, -0.1) is 0 Å². The van der Waals surface area contributed by atoms with Gasteiger partial charge in [0.05, 0.1) is 11.4 Å². The zero-order valence-corrected chi connectivity index (χ0v) is 13.0. The monoisotopic (exact) mass is 287 g/mol. The molecule has 1 aliphatic carbocycles. The first kappa shape index (κ1) is 14.2. The van der Waals surface area contributed by atoms with Crippen LogP contribution in [0.2, 0.25) is 0 Å². The van der Waals surface area contributed by atoms with Gasteiger partial charge >= 0.3 is 0 Å². The highest BCUT2D eigenvalue weighted by atomic mass is 16.2. The average molecular weight is 287 g/mol. The summed E-state index contributed by atoms with van der Waals surface area (Å²) in [7, 11) is 1.96. The smallest absolute Gasteiger partial charge is 0.253 e. The van der Waals surface area contributed by atoms with Crippen LogP contribution in [-0.4, -0.2) is 37.0 Å². The van der Waals surface area contributed by atoms with Gasteiger partial charge in [-0.25, -0.2) is 0 Å². The predicted octanol–water partition coefficient (Wildman–Crippen LogP) is 3.17. The summed E-state index contributed by atoms with van der Waals surface area (Å²) < 4.78 is 0. The van der Waals surface area contributed by atoms with Crippen LogP contribution in [0.3, 0.4) is 0 Å². The van der Waals surface area contributed by atoms with Crippen molar-refractivity contribution in [2.45, 2.75) is 38.6 Å². The second kappa shape index (κ2) is 5.96. The molecule has 4 nitrogen and oxygen atoms in total. The molecule has 1 saturated carbocycles. The number of benzene rings is 1. The Morgan fingerprint density at radius 3 is 2.62 bits per heavy atom. The minimum absolute atomic E-state index is 0.143. The van der Waals surface area contributed by atoms with E-state index in [0.717, 1.165) is 36.4 Å². The van der Waals surface area contributed by atoms with Crippen LogP contribution in [0.15, 0.2) is 18.2 Å². The minimum atomic E-state index is 0.143. The Kier molecular flexibility index (Phi) is 4.04. The van der Waals surface area contributed by atoms with Crippen molar-refractivity contribution in [2.24, 2.45) is 5.92 Å². The van der Waals surface area contributed by atoms with Crippen molar-refractivity contribution in [3.05, 3.63) is 23.8 Å². The Morgan fingerprint density at radius 1 is 1.14 bits per heavy atom. The fourth-order valence-electron chi connectivity index (χ4n) is 3.60. The first-order valence-corrected chi connectivity index (χ1v) is 8.06. The van der Waals surface area contributed by atoms with Gasteiger partial charge in [-0.1, -0.05) is 19.8 Å². The Bertz CT molecular complexity index is 529. The molecule has 0 bridgehead atoms. The topological polar surface area (TPSA) is 44.4 Å². The summed E-state index contributed by atoms with van der Waals surface area (Å²) in [6, 6.07) is 6.31. The van der Waals surface area contributed by atoms with Gasteiger partial charge < -0.3 is 15.5 Å². The van der Waals surface area contributed by atoms with E-state index in [0.29, 0.717) is 12.0 Å². The van der Waals surface area contributed by atoms with E-state index in [-0.39, 0.29) is 5.91 Å². The van der Waals surface area contributed by atoms with Crippen molar-refractivity contribution < 1.29 is 4.79 Å². The largest absolute Gasteiger partial charge is 0.382 e. The van der Waals surface area contributed by atoms with Crippen LogP contribution in [0.4, 0.5) is 11.4 Å². The standard InChI is InChI=1S/C17H25N3O/c1-12-5-3-4-6-16(12)20(2)17(21)13-7-8-14-15(11-13)19-10-9-18-14/h7-8,11-12,16,18-19H,3-6,9-10H2,1-2H3. The van der Waals surface area contributed by atoms with Gasteiger partial charge in [0.2, 0.25) is 0 Å². The average Bonchev–Trinajstić information content (AvgIpc) is 2.53. The van der Waals surface area contributed by atoms with Crippen molar-refractivity contribution in [3.63, 3.8) is 0 Å². The molecule has 2 aliphatic rings. The summed E-state index contributed by atoms with van der Waals surface area (Å²) >= 11 is 0. The number of hydrogen-bond donors (Lipinski definition) is 2. The van der Waals surface area contributed by atoms with E-state index in [9.17, 15) is 4.79 Å². The SMILES string of the molecule is CC1CCCCC1N(C)C(=O)c1ccc2c(c1)NCCN2. The molecule has 2 N–H and O–H groups in total. The van der Waals surface area contributed by atoms with E-state index in [1.807, 2.05) is 30.1 Å². The maximum Gasteiger partial charge on any atom is 0.253 e. The Hall–Kier alpha value is -1.71. The Balaban J connectivity index is 1.77. The van der Waals surface area contributed by atoms with Crippen LogP contribution in [0.25, 0.3) is 0 Å². The summed E-state index contributed by atoms with van der Waals surface area (Å²) in [6.07, 6.45) is 4.91. The van der Waals surface area contributed by atoms with Gasteiger partial charge in [0.25, 0.3) is 5.91 Å². The van der Waals surface area contributed by atoms with Crippen molar-refractivity contribution in [2.75, 3.05) is 30.8 Å². The molecule has 114 valence electrons. The van der Waals surface area contributed by atoms with Gasteiger partial charge in [-0.05, 0) is 37.0 Å². The van der Waals surface area contributed by atoms with Crippen molar-refractivity contribution in [3.8, 4) is 0 Å². The third kappa shape index (κ3) is 2.85. The van der Waals surface area contributed by atoms with Gasteiger partial charge in [-0.2, -0.15) is 0 Å². The van der Waals surface area contributed by atoms with Crippen LogP contribution in [0.5, 0.6) is 0 Å². The quantitative estimate of drug-likeness (QED) is 0.878. The fourth-order valence-corrected chi connectivity index (χ4v) is 3.60. The number of anilines is 2. The summed E-state index contributed by atoms with van der Waals surface area (Å²) in [5.74, 6) is 0.744. The molecule has 1 fully saturated rings. The van der Waals surface area contributed by atoms with Gasteiger partial charge in [0.1, 0.15) is 0 Å². The maximum atomic E-state index is 12.8. The molecule has 21 heavy (non-hydrogen) atoms. The summed E-state index contributed by atoms with van der Waals surface area (Å²) in [5.41, 5.74) is 2.91. The third-order valence-corrected chi connectivity index (χ3v) is 4.91. The second-order valence-electron chi connectivity index (χ2n) is 6.36. The van der Waals surface area contributed by atoms with E-state index in [1.54, 1.807) is 0 Å². The molecule has 0 radical (unpaired) electrons. The number of rotatable bonds is 2. The molecule has 1 aromatic carbocycles. The molecule has 3 rings (SSSR count). The summed E-state index contributed by atoms with van der Waals surface area (Å²) in [6.45, 7) is 4.10. The normalized spacial score (nSPS) is 24.5. The lowest BCUT2D eigenvalue weighted by Gasteiger charge is -2.36. The van der Waals surface area contributed by atoms with E-state index < -0.39 is 0 Å². The van der Waals surface area contributed by atoms with Gasteiger partial charge in [0.15, 0.2) is 0 Å². The van der Waals surface area contributed by atoms with Crippen molar-refractivity contribution >= 4 is 17.3 Å². The van der Waals surface area contributed by atoms with Crippen LogP contribution < -0.4 is 10.6 Å². The number of nitrogens with zero attached hydrogens (tertiary/aromatic N) is 1. The lowest BCUT2D eigenvalue weighted by molar-refractivity contribution is 0.0629. The van der Waals surface area contributed by atoms with E-state index in [2.05, 4.69) is 17.6 Å². The molecular formula is C17H25N3O. The lowest BCUT2D eigenvalue weighted by atomic mass is 9.85. The van der Waals surface area contributed by atoms with Crippen LogP contribution in [0.1, 0.15) is 43.0 Å². The minimum Gasteiger partial charge on any atom is -0.382 e. The molecule has 2 atom stereocenters. The number of amides is 1. The molecular weight excluding hydrogens is 262 g/mol. The number of carbonyl (C=O) groups excluding carboxylic acids is 1. The second-order valence-corrected chi connectivity index (χ2v) is 6.36. The maximum absolute atomic E-state index is 12.8. The Morgan fingerprint density at radius 2 is 1.86 bits per heavy atom. The molecule has 2 unspecified atom stereocenters. The Labute approximate surface area is 126 Å². The van der Waals surface area contributed by atoms with Crippen molar-refractivity contribution in [1.82, 2.24) is 4.90 Å². The number of fused-ring (bicyclic) bond motifs is 1. The number of hydrogen-bond acceptors (Lipinski definition) is 3. The van der Waals surface area contributed by atoms with Crippen molar-refractivity contribution in [1.29, 1.82) is 0 Å². The highest BCUT2D eigenvalue weighted by Gasteiger charge is 2.28. The van der Waals surface area contributed by atoms with Gasteiger partial charge in [0, 0.05) is 31.7 Å². The number of carbonyl (C=O) groups is 1. The molecule has 1 aromatic rings. The van der Waals surface area contributed by atoms with E-state index in [1.165, 1.54) is 19.3 Å². The molecule has 1 aliphatic heterocycles. The fraction of sp³-hybridized carbons (Fsp3) is 0.588. The molecule has 4 heteroatoms. The number of nitrogens with one attached hydrogen (secondary N) is 2. The van der Waals surface area contributed by atoms with E-state index in [4.69, 9.17) is 0 Å². The van der Waals surface area contributed by atoms with Crippen LogP contribution >= 0.6 is 0 Å². The van der Waals surface area contributed by atoms with Crippen LogP contribution in [-0.2, 0) is 0 Å². The molecule has 0 spiro atoms.